The molecule has 0 aliphatic rings. The summed E-state index contributed by atoms with van der Waals surface area (Å²) in [6.45, 7) is 1.98. The molecular weight excluding hydrogens is 182 g/mol. The van der Waals surface area contributed by atoms with E-state index in [1.54, 1.807) is 16.0 Å². The second kappa shape index (κ2) is 2.88. The Morgan fingerprint density at radius 3 is 2.77 bits per heavy atom. The zero-order valence-corrected chi connectivity index (χ0v) is 8.43. The van der Waals surface area contributed by atoms with Crippen LogP contribution in [0.5, 0.6) is 0 Å². The lowest BCUT2D eigenvalue weighted by atomic mass is 10.2. The molecule has 0 unspecified atom stereocenters. The maximum Gasteiger partial charge on any atom is 0.130 e. The van der Waals surface area contributed by atoms with Gasteiger partial charge in [-0.15, -0.1) is 11.3 Å². The minimum atomic E-state index is 0.736. The van der Waals surface area contributed by atoms with Crippen molar-refractivity contribution in [1.82, 2.24) is 9.78 Å². The number of rotatable bonds is 1. The molecular formula is C9H11N3S. The van der Waals surface area contributed by atoms with Crippen LogP contribution in [-0.2, 0) is 7.05 Å². The summed E-state index contributed by atoms with van der Waals surface area (Å²) in [5.74, 6) is 0.736. The van der Waals surface area contributed by atoms with Crippen LogP contribution in [-0.4, -0.2) is 9.78 Å². The monoisotopic (exact) mass is 193 g/mol. The second-order valence-corrected chi connectivity index (χ2v) is 3.89. The van der Waals surface area contributed by atoms with E-state index in [1.165, 1.54) is 4.88 Å². The predicted molar refractivity (Wildman–Crippen MR) is 55.7 cm³/mol. The first-order valence-electron chi connectivity index (χ1n) is 4.03. The van der Waals surface area contributed by atoms with Gasteiger partial charge in [-0.05, 0) is 18.4 Å². The molecule has 4 heteroatoms. The number of aryl methyl sites for hydroxylation is 2. The maximum absolute atomic E-state index is 5.90. The molecule has 2 aromatic heterocycles. The van der Waals surface area contributed by atoms with Gasteiger partial charge >= 0.3 is 0 Å². The Bertz CT molecular complexity index is 414. The highest BCUT2D eigenvalue weighted by Crippen LogP contribution is 2.31. The van der Waals surface area contributed by atoms with E-state index in [1.807, 2.05) is 25.4 Å². The van der Waals surface area contributed by atoms with Gasteiger partial charge < -0.3 is 5.73 Å². The molecule has 0 bridgehead atoms. The molecule has 3 nitrogen and oxygen atoms in total. The lowest BCUT2D eigenvalue weighted by Gasteiger charge is -1.96. The van der Waals surface area contributed by atoms with E-state index in [-0.39, 0.29) is 0 Å². The topological polar surface area (TPSA) is 43.8 Å². The fraction of sp³-hybridized carbons (Fsp3) is 0.222. The third-order valence-corrected chi connectivity index (χ3v) is 2.92. The Hall–Kier alpha value is -1.29. The number of aromatic nitrogens is 2. The Labute approximate surface area is 80.8 Å². The highest BCUT2D eigenvalue weighted by molar-refractivity contribution is 7.13. The quantitative estimate of drug-likeness (QED) is 0.753. The first-order valence-corrected chi connectivity index (χ1v) is 4.91. The highest BCUT2D eigenvalue weighted by Gasteiger charge is 2.12. The molecule has 13 heavy (non-hydrogen) atoms. The Balaban J connectivity index is 2.64. The van der Waals surface area contributed by atoms with E-state index in [4.69, 9.17) is 5.73 Å². The number of anilines is 1. The van der Waals surface area contributed by atoms with Crippen LogP contribution in [0.25, 0.3) is 10.4 Å². The highest BCUT2D eigenvalue weighted by atomic mass is 32.1. The number of nitrogens with two attached hydrogens (primary N) is 1. The molecule has 2 N–H and O–H groups in total. The minimum Gasteiger partial charge on any atom is -0.383 e. The lowest BCUT2D eigenvalue weighted by molar-refractivity contribution is 0.767. The molecule has 0 atom stereocenters. The standard InChI is InChI=1S/C9H11N3S/c1-6-8(7-4-3-5-13-7)9(10)12(2)11-6/h3-5H,10H2,1-2H3. The van der Waals surface area contributed by atoms with Gasteiger partial charge in [0, 0.05) is 11.9 Å². The summed E-state index contributed by atoms with van der Waals surface area (Å²) in [5.41, 5.74) is 7.96. The van der Waals surface area contributed by atoms with E-state index >= 15 is 0 Å². The van der Waals surface area contributed by atoms with Gasteiger partial charge in [0.25, 0.3) is 0 Å². The normalized spacial score (nSPS) is 10.6. The Morgan fingerprint density at radius 1 is 1.54 bits per heavy atom. The lowest BCUT2D eigenvalue weighted by Crippen LogP contribution is -1.97. The van der Waals surface area contributed by atoms with Crippen LogP contribution in [0.15, 0.2) is 17.5 Å². The van der Waals surface area contributed by atoms with Crippen molar-refractivity contribution >= 4 is 17.2 Å². The van der Waals surface area contributed by atoms with E-state index in [9.17, 15) is 0 Å². The van der Waals surface area contributed by atoms with Gasteiger partial charge in [-0.1, -0.05) is 6.07 Å². The van der Waals surface area contributed by atoms with Crippen molar-refractivity contribution < 1.29 is 0 Å². The number of hydrogen-bond donors (Lipinski definition) is 1. The van der Waals surface area contributed by atoms with Crippen LogP contribution in [0.3, 0.4) is 0 Å². The van der Waals surface area contributed by atoms with Crippen molar-refractivity contribution in [3.63, 3.8) is 0 Å². The summed E-state index contributed by atoms with van der Waals surface area (Å²) in [6, 6.07) is 4.08. The van der Waals surface area contributed by atoms with Crippen LogP contribution in [0.2, 0.25) is 0 Å². The summed E-state index contributed by atoms with van der Waals surface area (Å²) in [4.78, 5) is 1.18. The number of hydrogen-bond acceptors (Lipinski definition) is 3. The predicted octanol–water partition coefficient (Wildman–Crippen LogP) is 2.04. The number of nitrogens with zero attached hydrogens (tertiary/aromatic N) is 2. The van der Waals surface area contributed by atoms with E-state index < -0.39 is 0 Å². The molecule has 2 aromatic rings. The number of thiophene rings is 1. The maximum atomic E-state index is 5.90. The molecule has 0 saturated heterocycles. The first-order chi connectivity index (χ1) is 6.20. The summed E-state index contributed by atoms with van der Waals surface area (Å²) in [5, 5.41) is 6.31. The average molecular weight is 193 g/mol. The molecule has 68 valence electrons. The van der Waals surface area contributed by atoms with E-state index in [0.29, 0.717) is 0 Å². The molecule has 0 spiro atoms. The van der Waals surface area contributed by atoms with Crippen LogP contribution in [0.4, 0.5) is 5.82 Å². The third kappa shape index (κ3) is 1.23. The summed E-state index contributed by atoms with van der Waals surface area (Å²) in [7, 11) is 1.86. The van der Waals surface area contributed by atoms with Crippen molar-refractivity contribution in [2.24, 2.45) is 7.05 Å². The Kier molecular flexibility index (Phi) is 1.84. The van der Waals surface area contributed by atoms with Gasteiger partial charge in [-0.3, -0.25) is 4.68 Å². The van der Waals surface area contributed by atoms with Gasteiger partial charge in [0.2, 0.25) is 0 Å². The summed E-state index contributed by atoms with van der Waals surface area (Å²) in [6.07, 6.45) is 0. The molecule has 0 aliphatic heterocycles. The molecule has 0 saturated carbocycles. The smallest absolute Gasteiger partial charge is 0.130 e. The van der Waals surface area contributed by atoms with Crippen LogP contribution >= 0.6 is 11.3 Å². The van der Waals surface area contributed by atoms with Crippen molar-refractivity contribution in [2.75, 3.05) is 5.73 Å². The number of nitrogen functional groups attached to an aromatic ring is 1. The first kappa shape index (κ1) is 8.31. The average Bonchev–Trinajstić information content (AvgIpc) is 2.63. The fourth-order valence-electron chi connectivity index (χ4n) is 1.40. The SMILES string of the molecule is Cc1nn(C)c(N)c1-c1cccs1. The second-order valence-electron chi connectivity index (χ2n) is 2.95. The van der Waals surface area contributed by atoms with Crippen molar-refractivity contribution in [1.29, 1.82) is 0 Å². The van der Waals surface area contributed by atoms with Gasteiger partial charge in [-0.25, -0.2) is 0 Å². The zero-order chi connectivity index (χ0) is 9.42. The zero-order valence-electron chi connectivity index (χ0n) is 7.61. The van der Waals surface area contributed by atoms with Gasteiger partial charge in [0.1, 0.15) is 5.82 Å². The largest absolute Gasteiger partial charge is 0.383 e. The summed E-state index contributed by atoms with van der Waals surface area (Å²) >= 11 is 1.68. The molecule has 0 fully saturated rings. The van der Waals surface area contributed by atoms with Crippen LogP contribution in [0, 0.1) is 6.92 Å². The molecule has 0 amide bonds. The van der Waals surface area contributed by atoms with Gasteiger partial charge in [0.15, 0.2) is 0 Å². The van der Waals surface area contributed by atoms with Crippen molar-refractivity contribution in [3.05, 3.63) is 23.2 Å². The molecule has 0 aliphatic carbocycles. The minimum absolute atomic E-state index is 0.736. The van der Waals surface area contributed by atoms with Gasteiger partial charge in [-0.2, -0.15) is 5.10 Å². The van der Waals surface area contributed by atoms with E-state index in [0.717, 1.165) is 17.1 Å². The molecule has 2 rings (SSSR count). The fourth-order valence-corrected chi connectivity index (χ4v) is 2.23. The Morgan fingerprint density at radius 2 is 2.31 bits per heavy atom. The molecule has 0 radical (unpaired) electrons. The molecule has 2 heterocycles. The van der Waals surface area contributed by atoms with E-state index in [2.05, 4.69) is 11.2 Å². The van der Waals surface area contributed by atoms with Crippen molar-refractivity contribution in [3.8, 4) is 10.4 Å². The summed E-state index contributed by atoms with van der Waals surface area (Å²) < 4.78 is 1.71. The molecule has 0 aromatic carbocycles. The van der Waals surface area contributed by atoms with Crippen LogP contribution in [0.1, 0.15) is 5.69 Å². The van der Waals surface area contributed by atoms with Crippen LogP contribution < -0.4 is 5.73 Å². The third-order valence-electron chi connectivity index (χ3n) is 2.03. The van der Waals surface area contributed by atoms with Crippen molar-refractivity contribution in [2.45, 2.75) is 6.92 Å². The van der Waals surface area contributed by atoms with Gasteiger partial charge in [0.05, 0.1) is 11.3 Å².